The summed E-state index contributed by atoms with van der Waals surface area (Å²) in [4.78, 5) is 12.6. The molecule has 0 saturated heterocycles. The average molecular weight is 403 g/mol. The summed E-state index contributed by atoms with van der Waals surface area (Å²) in [5.41, 5.74) is 0.709. The van der Waals surface area contributed by atoms with E-state index in [1.54, 1.807) is 20.8 Å². The zero-order valence-corrected chi connectivity index (χ0v) is 16.2. The van der Waals surface area contributed by atoms with Crippen molar-refractivity contribution in [3.63, 3.8) is 0 Å². The maximum Gasteiger partial charge on any atom is 0.255 e. The van der Waals surface area contributed by atoms with Gasteiger partial charge in [0.1, 0.15) is 11.5 Å². The van der Waals surface area contributed by atoms with Crippen molar-refractivity contribution in [2.45, 2.75) is 30.9 Å². The van der Waals surface area contributed by atoms with E-state index in [1.165, 1.54) is 47.1 Å². The summed E-state index contributed by atoms with van der Waals surface area (Å²) in [6, 6.07) is 9.67. The first-order valence-corrected chi connectivity index (χ1v) is 9.95. The summed E-state index contributed by atoms with van der Waals surface area (Å²) >= 11 is 0. The van der Waals surface area contributed by atoms with Crippen LogP contribution in [0.4, 0.5) is 10.1 Å². The summed E-state index contributed by atoms with van der Waals surface area (Å²) in [6.45, 7) is 4.81. The SMILES string of the molecule is Cc1nnnn1-c1cc(NC(=O)c2ccc(S(=O)(=O)C(C)C)cc2)ccc1F. The fourth-order valence-corrected chi connectivity index (χ4v) is 3.54. The van der Waals surface area contributed by atoms with Crippen LogP contribution in [0.5, 0.6) is 0 Å². The number of hydrogen-bond acceptors (Lipinski definition) is 6. The molecule has 0 bridgehead atoms. The lowest BCUT2D eigenvalue weighted by Crippen LogP contribution is -2.15. The quantitative estimate of drug-likeness (QED) is 0.702. The smallest absolute Gasteiger partial charge is 0.255 e. The highest BCUT2D eigenvalue weighted by molar-refractivity contribution is 7.92. The van der Waals surface area contributed by atoms with Crippen molar-refractivity contribution in [1.82, 2.24) is 20.2 Å². The van der Waals surface area contributed by atoms with Crippen LogP contribution in [0.2, 0.25) is 0 Å². The number of aryl methyl sites for hydroxylation is 1. The number of sulfone groups is 1. The lowest BCUT2D eigenvalue weighted by atomic mass is 10.2. The number of carbonyl (C=O) groups excluding carboxylic acids is 1. The van der Waals surface area contributed by atoms with Gasteiger partial charge in [0.05, 0.1) is 10.1 Å². The minimum Gasteiger partial charge on any atom is -0.322 e. The minimum atomic E-state index is -3.41. The largest absolute Gasteiger partial charge is 0.322 e. The molecule has 1 heterocycles. The van der Waals surface area contributed by atoms with Gasteiger partial charge in [-0.05, 0) is 73.7 Å². The summed E-state index contributed by atoms with van der Waals surface area (Å²) in [5, 5.41) is 13.0. The second-order valence-electron chi connectivity index (χ2n) is 6.38. The average Bonchev–Trinajstić information content (AvgIpc) is 3.09. The third kappa shape index (κ3) is 3.77. The van der Waals surface area contributed by atoms with E-state index < -0.39 is 26.8 Å². The number of nitrogens with one attached hydrogen (secondary N) is 1. The van der Waals surface area contributed by atoms with E-state index in [1.807, 2.05) is 0 Å². The normalized spacial score (nSPS) is 11.6. The Balaban J connectivity index is 1.83. The van der Waals surface area contributed by atoms with E-state index in [0.717, 1.165) is 0 Å². The van der Waals surface area contributed by atoms with Gasteiger partial charge in [0, 0.05) is 11.3 Å². The molecule has 0 saturated carbocycles. The number of hydrogen-bond donors (Lipinski definition) is 1. The Kier molecular flexibility index (Phi) is 5.23. The second-order valence-corrected chi connectivity index (χ2v) is 8.88. The van der Waals surface area contributed by atoms with Gasteiger partial charge in [0.25, 0.3) is 5.91 Å². The number of aromatic nitrogens is 4. The van der Waals surface area contributed by atoms with Crippen LogP contribution in [-0.4, -0.2) is 39.8 Å². The van der Waals surface area contributed by atoms with E-state index in [9.17, 15) is 17.6 Å². The van der Waals surface area contributed by atoms with E-state index in [-0.39, 0.29) is 16.1 Å². The molecule has 0 spiro atoms. The summed E-state index contributed by atoms with van der Waals surface area (Å²) in [5.74, 6) is -0.611. The molecule has 3 rings (SSSR count). The Morgan fingerprint density at radius 2 is 1.82 bits per heavy atom. The fourth-order valence-electron chi connectivity index (χ4n) is 2.48. The van der Waals surface area contributed by atoms with Crippen LogP contribution < -0.4 is 5.32 Å². The Labute approximate surface area is 161 Å². The molecule has 0 radical (unpaired) electrons. The van der Waals surface area contributed by atoms with Crippen molar-refractivity contribution in [2.24, 2.45) is 0 Å². The molecule has 0 atom stereocenters. The van der Waals surface area contributed by atoms with Crippen molar-refractivity contribution in [2.75, 3.05) is 5.32 Å². The first-order valence-electron chi connectivity index (χ1n) is 8.40. The van der Waals surface area contributed by atoms with Gasteiger partial charge in [-0.1, -0.05) is 0 Å². The zero-order chi connectivity index (χ0) is 20.5. The molecule has 1 aromatic heterocycles. The van der Waals surface area contributed by atoms with Crippen LogP contribution >= 0.6 is 0 Å². The highest BCUT2D eigenvalue weighted by Gasteiger charge is 2.19. The molecular formula is C18H18FN5O3S. The molecule has 8 nitrogen and oxygen atoms in total. The van der Waals surface area contributed by atoms with Gasteiger partial charge in [-0.3, -0.25) is 4.79 Å². The maximum atomic E-state index is 14.1. The lowest BCUT2D eigenvalue weighted by molar-refractivity contribution is 0.102. The molecule has 0 unspecified atom stereocenters. The van der Waals surface area contributed by atoms with E-state index in [2.05, 4.69) is 20.8 Å². The van der Waals surface area contributed by atoms with Gasteiger partial charge in [-0.2, -0.15) is 4.68 Å². The predicted octanol–water partition coefficient (Wildman–Crippen LogP) is 2.54. The van der Waals surface area contributed by atoms with Crippen LogP contribution in [0, 0.1) is 12.7 Å². The molecule has 0 aliphatic rings. The number of tetrazole rings is 1. The topological polar surface area (TPSA) is 107 Å². The standard InChI is InChI=1S/C18H18FN5O3S/c1-11(2)28(26,27)15-7-4-13(5-8-15)18(25)20-14-6-9-16(19)17(10-14)24-12(3)21-22-23-24/h4-11H,1-3H3,(H,20,25). The molecular weight excluding hydrogens is 385 g/mol. The number of amides is 1. The highest BCUT2D eigenvalue weighted by atomic mass is 32.2. The van der Waals surface area contributed by atoms with Gasteiger partial charge in [0.15, 0.2) is 15.7 Å². The van der Waals surface area contributed by atoms with E-state index >= 15 is 0 Å². The van der Waals surface area contributed by atoms with Crippen molar-refractivity contribution >= 4 is 21.4 Å². The molecule has 146 valence electrons. The molecule has 10 heteroatoms. The van der Waals surface area contributed by atoms with Crippen molar-refractivity contribution in [3.8, 4) is 5.69 Å². The van der Waals surface area contributed by atoms with Gasteiger partial charge in [-0.15, -0.1) is 5.10 Å². The number of carbonyl (C=O) groups is 1. The highest BCUT2D eigenvalue weighted by Crippen LogP contribution is 2.20. The Morgan fingerprint density at radius 3 is 2.39 bits per heavy atom. The number of anilines is 1. The molecule has 0 fully saturated rings. The van der Waals surface area contributed by atoms with Crippen molar-refractivity contribution in [3.05, 3.63) is 59.7 Å². The van der Waals surface area contributed by atoms with Gasteiger partial charge < -0.3 is 5.32 Å². The van der Waals surface area contributed by atoms with Gasteiger partial charge in [0.2, 0.25) is 0 Å². The van der Waals surface area contributed by atoms with Crippen LogP contribution in [0.1, 0.15) is 30.0 Å². The van der Waals surface area contributed by atoms with Crippen molar-refractivity contribution in [1.29, 1.82) is 0 Å². The molecule has 2 aromatic carbocycles. The van der Waals surface area contributed by atoms with Crippen LogP contribution in [0.15, 0.2) is 47.4 Å². The van der Waals surface area contributed by atoms with Gasteiger partial charge in [-0.25, -0.2) is 12.8 Å². The monoisotopic (exact) mass is 403 g/mol. The van der Waals surface area contributed by atoms with Crippen LogP contribution in [0.3, 0.4) is 0 Å². The lowest BCUT2D eigenvalue weighted by Gasteiger charge is -2.10. The summed E-state index contributed by atoms with van der Waals surface area (Å²) < 4.78 is 39.6. The zero-order valence-electron chi connectivity index (χ0n) is 15.4. The first kappa shape index (κ1) is 19.6. The summed E-state index contributed by atoms with van der Waals surface area (Å²) in [7, 11) is -3.41. The second kappa shape index (κ2) is 7.47. The molecule has 0 aliphatic heterocycles. The molecule has 28 heavy (non-hydrogen) atoms. The minimum absolute atomic E-state index is 0.0960. The predicted molar refractivity (Wildman–Crippen MR) is 101 cm³/mol. The molecule has 1 N–H and O–H groups in total. The molecule has 1 amide bonds. The third-order valence-electron chi connectivity index (χ3n) is 4.12. The number of halogens is 1. The number of benzene rings is 2. The van der Waals surface area contributed by atoms with E-state index in [4.69, 9.17) is 0 Å². The van der Waals surface area contributed by atoms with E-state index in [0.29, 0.717) is 11.5 Å². The number of rotatable bonds is 5. The molecule has 3 aromatic rings. The Bertz CT molecular complexity index is 1120. The van der Waals surface area contributed by atoms with Gasteiger partial charge >= 0.3 is 0 Å². The van der Waals surface area contributed by atoms with Crippen LogP contribution in [-0.2, 0) is 9.84 Å². The number of nitrogens with zero attached hydrogens (tertiary/aromatic N) is 4. The fraction of sp³-hybridized carbons (Fsp3) is 0.222. The first-order chi connectivity index (χ1) is 13.2. The molecule has 0 aliphatic carbocycles. The Morgan fingerprint density at radius 1 is 1.14 bits per heavy atom. The van der Waals surface area contributed by atoms with Crippen molar-refractivity contribution < 1.29 is 17.6 Å². The maximum absolute atomic E-state index is 14.1. The van der Waals surface area contributed by atoms with Crippen LogP contribution in [0.25, 0.3) is 5.69 Å². The third-order valence-corrected chi connectivity index (χ3v) is 6.29. The summed E-state index contributed by atoms with van der Waals surface area (Å²) in [6.07, 6.45) is 0. The Hall–Kier alpha value is -3.14.